The number of hydrogen-bond donors (Lipinski definition) is 1. The lowest BCUT2D eigenvalue weighted by atomic mass is 10.1. The Labute approximate surface area is 154 Å². The summed E-state index contributed by atoms with van der Waals surface area (Å²) in [4.78, 5) is 16.6. The molecule has 1 heterocycles. The van der Waals surface area contributed by atoms with Crippen molar-refractivity contribution >= 4 is 11.6 Å². The lowest BCUT2D eigenvalue weighted by molar-refractivity contribution is 0.102. The van der Waals surface area contributed by atoms with Gasteiger partial charge in [-0.3, -0.25) is 4.79 Å². The second-order valence-electron chi connectivity index (χ2n) is 6.54. The van der Waals surface area contributed by atoms with Crippen molar-refractivity contribution in [2.24, 2.45) is 0 Å². The van der Waals surface area contributed by atoms with E-state index in [1.54, 1.807) is 12.5 Å². The van der Waals surface area contributed by atoms with Gasteiger partial charge in [0.2, 0.25) is 0 Å². The molecule has 3 aromatic rings. The molecule has 0 atom stereocenters. The molecular weight excluding hydrogens is 322 g/mol. The van der Waals surface area contributed by atoms with Crippen LogP contribution in [0.5, 0.6) is 0 Å². The molecule has 134 valence electrons. The molecule has 2 aromatic carbocycles. The molecule has 0 aliphatic rings. The first kappa shape index (κ1) is 17.9. The van der Waals surface area contributed by atoms with Gasteiger partial charge in [0.1, 0.15) is 0 Å². The number of aromatic nitrogens is 2. The van der Waals surface area contributed by atoms with Gasteiger partial charge in [-0.15, -0.1) is 0 Å². The van der Waals surface area contributed by atoms with E-state index >= 15 is 0 Å². The number of imidazole rings is 1. The van der Waals surface area contributed by atoms with E-state index in [-0.39, 0.29) is 5.91 Å². The van der Waals surface area contributed by atoms with Crippen LogP contribution in [0.4, 0.5) is 5.69 Å². The second-order valence-corrected chi connectivity index (χ2v) is 6.54. The summed E-state index contributed by atoms with van der Waals surface area (Å²) in [6, 6.07) is 15.9. The molecule has 4 nitrogen and oxygen atoms in total. The molecular formula is C22H25N3O. The summed E-state index contributed by atoms with van der Waals surface area (Å²) in [6.07, 6.45) is 10.2. The van der Waals surface area contributed by atoms with E-state index in [9.17, 15) is 4.79 Å². The monoisotopic (exact) mass is 347 g/mol. The van der Waals surface area contributed by atoms with Crippen LogP contribution >= 0.6 is 0 Å². The predicted octanol–water partition coefficient (Wildman–Crippen LogP) is 4.92. The van der Waals surface area contributed by atoms with Crippen molar-refractivity contribution in [3.63, 3.8) is 0 Å². The number of nitrogens with one attached hydrogen (secondary N) is 1. The smallest absolute Gasteiger partial charge is 0.255 e. The Hall–Kier alpha value is -2.88. The maximum atomic E-state index is 12.5. The first-order valence-corrected chi connectivity index (χ1v) is 9.19. The SMILES string of the molecule is CCCCCc1ccc(NC(=O)c2cccc(Cn3ccnc3)c2)cc1. The highest BCUT2D eigenvalue weighted by molar-refractivity contribution is 6.04. The van der Waals surface area contributed by atoms with Crippen LogP contribution in [-0.2, 0) is 13.0 Å². The van der Waals surface area contributed by atoms with E-state index < -0.39 is 0 Å². The maximum Gasteiger partial charge on any atom is 0.255 e. The number of benzene rings is 2. The molecule has 0 saturated carbocycles. The predicted molar refractivity (Wildman–Crippen MR) is 105 cm³/mol. The van der Waals surface area contributed by atoms with Gasteiger partial charge in [-0.1, -0.05) is 44.0 Å². The Bertz CT molecular complexity index is 823. The van der Waals surface area contributed by atoms with Crippen molar-refractivity contribution in [1.29, 1.82) is 0 Å². The highest BCUT2D eigenvalue weighted by atomic mass is 16.1. The molecule has 1 aromatic heterocycles. The zero-order valence-corrected chi connectivity index (χ0v) is 15.2. The van der Waals surface area contributed by atoms with Crippen molar-refractivity contribution in [3.8, 4) is 0 Å². The normalized spacial score (nSPS) is 10.7. The van der Waals surface area contributed by atoms with Crippen LogP contribution in [0, 0.1) is 0 Å². The summed E-state index contributed by atoms with van der Waals surface area (Å²) in [6.45, 7) is 2.91. The van der Waals surface area contributed by atoms with Crippen LogP contribution in [0.25, 0.3) is 0 Å². The summed E-state index contributed by atoms with van der Waals surface area (Å²) >= 11 is 0. The third-order valence-corrected chi connectivity index (χ3v) is 4.39. The molecule has 26 heavy (non-hydrogen) atoms. The average Bonchev–Trinajstić information content (AvgIpc) is 3.16. The largest absolute Gasteiger partial charge is 0.333 e. The molecule has 0 radical (unpaired) electrons. The van der Waals surface area contributed by atoms with Gasteiger partial charge < -0.3 is 9.88 Å². The zero-order valence-electron chi connectivity index (χ0n) is 15.2. The molecule has 1 amide bonds. The highest BCUT2D eigenvalue weighted by Gasteiger charge is 2.07. The van der Waals surface area contributed by atoms with Crippen molar-refractivity contribution < 1.29 is 4.79 Å². The fraction of sp³-hybridized carbons (Fsp3) is 0.273. The van der Waals surface area contributed by atoms with E-state index in [2.05, 4.69) is 29.4 Å². The van der Waals surface area contributed by atoms with Gasteiger partial charge in [0, 0.05) is 30.2 Å². The number of hydrogen-bond acceptors (Lipinski definition) is 2. The zero-order chi connectivity index (χ0) is 18.2. The van der Waals surface area contributed by atoms with E-state index in [0.717, 1.165) is 17.7 Å². The molecule has 0 fully saturated rings. The number of amides is 1. The lowest BCUT2D eigenvalue weighted by Gasteiger charge is -2.08. The van der Waals surface area contributed by atoms with Crippen molar-refractivity contribution in [2.45, 2.75) is 39.2 Å². The summed E-state index contributed by atoms with van der Waals surface area (Å²) in [5.74, 6) is -0.0868. The molecule has 0 saturated heterocycles. The molecule has 0 aliphatic heterocycles. The van der Waals surface area contributed by atoms with Gasteiger partial charge >= 0.3 is 0 Å². The molecule has 1 N–H and O–H groups in total. The van der Waals surface area contributed by atoms with Crippen LogP contribution in [0.3, 0.4) is 0 Å². The third-order valence-electron chi connectivity index (χ3n) is 4.39. The van der Waals surface area contributed by atoms with Gasteiger partial charge in [-0.05, 0) is 48.2 Å². The van der Waals surface area contributed by atoms with Crippen LogP contribution in [0.2, 0.25) is 0 Å². The molecule has 4 heteroatoms. The van der Waals surface area contributed by atoms with Crippen LogP contribution in [-0.4, -0.2) is 15.5 Å². The summed E-state index contributed by atoms with van der Waals surface area (Å²) in [5.41, 5.74) is 3.88. The van der Waals surface area contributed by atoms with Gasteiger partial charge in [-0.2, -0.15) is 0 Å². The average molecular weight is 347 g/mol. The van der Waals surface area contributed by atoms with E-state index in [1.807, 2.05) is 47.2 Å². The fourth-order valence-corrected chi connectivity index (χ4v) is 2.94. The van der Waals surface area contributed by atoms with Gasteiger partial charge in [0.05, 0.1) is 6.33 Å². The third kappa shape index (κ3) is 5.06. The number of nitrogens with zero attached hydrogens (tertiary/aromatic N) is 2. The Balaban J connectivity index is 1.60. The van der Waals surface area contributed by atoms with E-state index in [0.29, 0.717) is 12.1 Å². The fourth-order valence-electron chi connectivity index (χ4n) is 2.94. The van der Waals surface area contributed by atoms with E-state index in [1.165, 1.54) is 24.8 Å². The minimum absolute atomic E-state index is 0.0868. The molecule has 0 unspecified atom stereocenters. The topological polar surface area (TPSA) is 46.9 Å². The summed E-state index contributed by atoms with van der Waals surface area (Å²) < 4.78 is 1.98. The maximum absolute atomic E-state index is 12.5. The summed E-state index contributed by atoms with van der Waals surface area (Å²) in [5, 5.41) is 2.98. The number of carbonyl (C=O) groups excluding carboxylic acids is 1. The number of unbranched alkanes of at least 4 members (excludes halogenated alkanes) is 2. The Morgan fingerprint density at radius 2 is 1.92 bits per heavy atom. The quantitative estimate of drug-likeness (QED) is 0.588. The van der Waals surface area contributed by atoms with Crippen molar-refractivity contribution in [2.75, 3.05) is 5.32 Å². The van der Waals surface area contributed by atoms with Crippen LogP contribution in [0.15, 0.2) is 67.3 Å². The standard InChI is InChI=1S/C22H25N3O/c1-2-3-4-6-18-9-11-21(12-10-18)24-22(26)20-8-5-7-19(15-20)16-25-14-13-23-17-25/h5,7-15,17H,2-4,6,16H2,1H3,(H,24,26). The first-order valence-electron chi connectivity index (χ1n) is 9.19. The molecule has 0 aliphatic carbocycles. The van der Waals surface area contributed by atoms with Crippen molar-refractivity contribution in [1.82, 2.24) is 9.55 Å². The number of carbonyl (C=O) groups is 1. The van der Waals surface area contributed by atoms with Gasteiger partial charge in [-0.25, -0.2) is 4.98 Å². The molecule has 3 rings (SSSR count). The Morgan fingerprint density at radius 3 is 2.65 bits per heavy atom. The van der Waals surface area contributed by atoms with Crippen LogP contribution < -0.4 is 5.32 Å². The Kier molecular flexibility index (Phi) is 6.20. The van der Waals surface area contributed by atoms with Gasteiger partial charge in [0.15, 0.2) is 0 Å². The minimum atomic E-state index is -0.0868. The van der Waals surface area contributed by atoms with Crippen molar-refractivity contribution in [3.05, 3.63) is 83.9 Å². The minimum Gasteiger partial charge on any atom is -0.333 e. The summed E-state index contributed by atoms with van der Waals surface area (Å²) in [7, 11) is 0. The number of anilines is 1. The lowest BCUT2D eigenvalue weighted by Crippen LogP contribution is -2.12. The molecule has 0 bridgehead atoms. The highest BCUT2D eigenvalue weighted by Crippen LogP contribution is 2.14. The van der Waals surface area contributed by atoms with Gasteiger partial charge in [0.25, 0.3) is 5.91 Å². The Morgan fingerprint density at radius 1 is 1.08 bits per heavy atom. The van der Waals surface area contributed by atoms with E-state index in [4.69, 9.17) is 0 Å². The number of rotatable bonds is 8. The number of aryl methyl sites for hydroxylation is 1. The second kappa shape index (κ2) is 8.99. The molecule has 0 spiro atoms. The first-order chi connectivity index (χ1) is 12.7. The van der Waals surface area contributed by atoms with Crippen LogP contribution in [0.1, 0.15) is 47.7 Å².